The van der Waals surface area contributed by atoms with Crippen LogP contribution in [0.5, 0.6) is 0 Å². The van der Waals surface area contributed by atoms with E-state index in [1.54, 1.807) is 6.20 Å². The Morgan fingerprint density at radius 2 is 2.00 bits per heavy atom. The predicted molar refractivity (Wildman–Crippen MR) is 76.3 cm³/mol. The minimum absolute atomic E-state index is 0.0520. The zero-order valence-corrected chi connectivity index (χ0v) is 11.8. The van der Waals surface area contributed by atoms with E-state index in [2.05, 4.69) is 23.4 Å². The molecule has 0 N–H and O–H groups in total. The van der Waals surface area contributed by atoms with Gasteiger partial charge in [-0.25, -0.2) is 9.37 Å². The number of hydrogen-bond donors (Lipinski definition) is 0. The SMILES string of the molecule is CC(C)c1nccn1CCCC(=O)c1ccc(F)cc1. The van der Waals surface area contributed by atoms with Crippen molar-refractivity contribution in [3.05, 3.63) is 53.9 Å². The maximum absolute atomic E-state index is 12.8. The fourth-order valence-electron chi connectivity index (χ4n) is 2.20. The molecule has 0 fully saturated rings. The third-order valence-electron chi connectivity index (χ3n) is 3.23. The van der Waals surface area contributed by atoms with Gasteiger partial charge in [0.2, 0.25) is 0 Å². The van der Waals surface area contributed by atoms with Crippen molar-refractivity contribution in [2.45, 2.75) is 39.2 Å². The molecule has 0 saturated heterocycles. The lowest BCUT2D eigenvalue weighted by Crippen LogP contribution is -2.07. The first-order chi connectivity index (χ1) is 9.58. The number of Topliss-reactive ketones (excluding diaryl/α,β-unsaturated/α-hetero) is 1. The number of halogens is 1. The van der Waals surface area contributed by atoms with Crippen LogP contribution < -0.4 is 0 Å². The number of carbonyl (C=O) groups excluding carboxylic acids is 1. The normalized spacial score (nSPS) is 11.0. The Bertz CT molecular complexity index is 572. The summed E-state index contributed by atoms with van der Waals surface area (Å²) in [6.07, 6.45) is 4.95. The first-order valence-electron chi connectivity index (χ1n) is 6.87. The van der Waals surface area contributed by atoms with Gasteiger partial charge >= 0.3 is 0 Å². The molecule has 106 valence electrons. The van der Waals surface area contributed by atoms with Gasteiger partial charge in [0, 0.05) is 36.8 Å². The van der Waals surface area contributed by atoms with Gasteiger partial charge in [-0.3, -0.25) is 4.79 Å². The second kappa shape index (κ2) is 6.46. The maximum atomic E-state index is 12.8. The van der Waals surface area contributed by atoms with Crippen LogP contribution >= 0.6 is 0 Å². The third-order valence-corrected chi connectivity index (χ3v) is 3.23. The highest BCUT2D eigenvalue weighted by atomic mass is 19.1. The summed E-state index contributed by atoms with van der Waals surface area (Å²) in [6.45, 7) is 4.98. The lowest BCUT2D eigenvalue weighted by molar-refractivity contribution is 0.0978. The van der Waals surface area contributed by atoms with Crippen molar-refractivity contribution in [1.29, 1.82) is 0 Å². The molecule has 0 saturated carbocycles. The fraction of sp³-hybridized carbons (Fsp3) is 0.375. The highest BCUT2D eigenvalue weighted by Crippen LogP contribution is 2.13. The van der Waals surface area contributed by atoms with Crippen LogP contribution in [-0.4, -0.2) is 15.3 Å². The first kappa shape index (κ1) is 14.4. The van der Waals surface area contributed by atoms with E-state index < -0.39 is 0 Å². The van der Waals surface area contributed by atoms with Gasteiger partial charge < -0.3 is 4.57 Å². The van der Waals surface area contributed by atoms with E-state index in [0.717, 1.165) is 18.8 Å². The van der Waals surface area contributed by atoms with E-state index in [0.29, 0.717) is 17.9 Å². The fourth-order valence-corrected chi connectivity index (χ4v) is 2.20. The topological polar surface area (TPSA) is 34.9 Å². The summed E-state index contributed by atoms with van der Waals surface area (Å²) < 4.78 is 14.9. The molecule has 1 aromatic carbocycles. The van der Waals surface area contributed by atoms with Crippen molar-refractivity contribution < 1.29 is 9.18 Å². The average molecular weight is 274 g/mol. The lowest BCUT2D eigenvalue weighted by atomic mass is 10.1. The predicted octanol–water partition coefficient (Wildman–Crippen LogP) is 3.81. The average Bonchev–Trinajstić information content (AvgIpc) is 2.88. The number of aryl methyl sites for hydroxylation is 1. The molecule has 0 spiro atoms. The number of rotatable bonds is 6. The first-order valence-corrected chi connectivity index (χ1v) is 6.87. The molecule has 0 amide bonds. The summed E-state index contributed by atoms with van der Waals surface area (Å²) >= 11 is 0. The molecule has 20 heavy (non-hydrogen) atoms. The van der Waals surface area contributed by atoms with Crippen molar-refractivity contribution in [2.24, 2.45) is 0 Å². The van der Waals surface area contributed by atoms with E-state index >= 15 is 0 Å². The number of carbonyl (C=O) groups is 1. The van der Waals surface area contributed by atoms with Gasteiger partial charge in [0.05, 0.1) is 0 Å². The zero-order valence-electron chi connectivity index (χ0n) is 11.8. The van der Waals surface area contributed by atoms with Gasteiger partial charge in [-0.05, 0) is 30.7 Å². The Labute approximate surface area is 118 Å². The molecule has 2 rings (SSSR count). The summed E-state index contributed by atoms with van der Waals surface area (Å²) in [6, 6.07) is 5.71. The Kier molecular flexibility index (Phi) is 4.66. The number of ketones is 1. The summed E-state index contributed by atoms with van der Waals surface area (Å²) in [5.74, 6) is 1.15. The Balaban J connectivity index is 1.88. The summed E-state index contributed by atoms with van der Waals surface area (Å²) in [4.78, 5) is 16.3. The zero-order chi connectivity index (χ0) is 14.5. The molecule has 0 aliphatic heterocycles. The van der Waals surface area contributed by atoms with Crippen LogP contribution in [0.4, 0.5) is 4.39 Å². The van der Waals surface area contributed by atoms with E-state index in [4.69, 9.17) is 0 Å². The van der Waals surface area contributed by atoms with Crippen LogP contribution in [0.15, 0.2) is 36.7 Å². The Morgan fingerprint density at radius 1 is 1.30 bits per heavy atom. The van der Waals surface area contributed by atoms with Crippen molar-refractivity contribution in [2.75, 3.05) is 0 Å². The minimum atomic E-state index is -0.318. The number of benzene rings is 1. The highest BCUT2D eigenvalue weighted by Gasteiger charge is 2.09. The van der Waals surface area contributed by atoms with Gasteiger partial charge in [0.25, 0.3) is 0 Å². The molecule has 0 bridgehead atoms. The molecule has 1 aromatic heterocycles. The highest BCUT2D eigenvalue weighted by molar-refractivity contribution is 5.95. The molecule has 0 unspecified atom stereocenters. The largest absolute Gasteiger partial charge is 0.335 e. The molecular weight excluding hydrogens is 255 g/mol. The molecule has 4 heteroatoms. The molecule has 0 radical (unpaired) electrons. The molecule has 0 atom stereocenters. The summed E-state index contributed by atoms with van der Waals surface area (Å²) in [5.41, 5.74) is 0.570. The number of hydrogen-bond acceptors (Lipinski definition) is 2. The maximum Gasteiger partial charge on any atom is 0.162 e. The minimum Gasteiger partial charge on any atom is -0.335 e. The molecule has 3 nitrogen and oxygen atoms in total. The van der Waals surface area contributed by atoms with Crippen LogP contribution in [0.3, 0.4) is 0 Å². The second-order valence-electron chi connectivity index (χ2n) is 5.17. The number of imidazole rings is 1. The van der Waals surface area contributed by atoms with Gasteiger partial charge in [-0.1, -0.05) is 13.8 Å². The van der Waals surface area contributed by atoms with Crippen molar-refractivity contribution in [1.82, 2.24) is 9.55 Å². The van der Waals surface area contributed by atoms with E-state index in [1.165, 1.54) is 24.3 Å². The molecule has 2 aromatic rings. The Morgan fingerprint density at radius 3 is 2.65 bits per heavy atom. The standard InChI is InChI=1S/C16H19FN2O/c1-12(2)16-18-9-11-19(16)10-3-4-15(20)13-5-7-14(17)8-6-13/h5-9,11-12H,3-4,10H2,1-2H3. The van der Waals surface area contributed by atoms with Crippen molar-refractivity contribution >= 4 is 5.78 Å². The van der Waals surface area contributed by atoms with Gasteiger partial charge in [-0.15, -0.1) is 0 Å². The quantitative estimate of drug-likeness (QED) is 0.751. The van der Waals surface area contributed by atoms with Crippen molar-refractivity contribution in [3.8, 4) is 0 Å². The van der Waals surface area contributed by atoms with Crippen LogP contribution in [0.2, 0.25) is 0 Å². The smallest absolute Gasteiger partial charge is 0.162 e. The van der Waals surface area contributed by atoms with Crippen LogP contribution in [0, 0.1) is 5.82 Å². The number of nitrogens with zero attached hydrogens (tertiary/aromatic N) is 2. The molecule has 1 heterocycles. The van der Waals surface area contributed by atoms with Crippen LogP contribution in [0.1, 0.15) is 48.8 Å². The second-order valence-corrected chi connectivity index (χ2v) is 5.17. The van der Waals surface area contributed by atoms with Crippen LogP contribution in [0.25, 0.3) is 0 Å². The van der Waals surface area contributed by atoms with E-state index in [1.807, 2.05) is 6.20 Å². The van der Waals surface area contributed by atoms with E-state index in [9.17, 15) is 9.18 Å². The van der Waals surface area contributed by atoms with Crippen molar-refractivity contribution in [3.63, 3.8) is 0 Å². The molecule has 0 aliphatic carbocycles. The monoisotopic (exact) mass is 274 g/mol. The molecular formula is C16H19FN2O. The number of aromatic nitrogens is 2. The lowest BCUT2D eigenvalue weighted by Gasteiger charge is -2.09. The van der Waals surface area contributed by atoms with Gasteiger partial charge in [0.1, 0.15) is 11.6 Å². The third kappa shape index (κ3) is 3.53. The van der Waals surface area contributed by atoms with E-state index in [-0.39, 0.29) is 11.6 Å². The molecule has 0 aliphatic rings. The Hall–Kier alpha value is -1.97. The van der Waals surface area contributed by atoms with Gasteiger partial charge in [-0.2, -0.15) is 0 Å². The summed E-state index contributed by atoms with van der Waals surface area (Å²) in [5, 5.41) is 0. The van der Waals surface area contributed by atoms with Gasteiger partial charge in [0.15, 0.2) is 5.78 Å². The van der Waals surface area contributed by atoms with Crippen LogP contribution in [-0.2, 0) is 6.54 Å². The summed E-state index contributed by atoms with van der Waals surface area (Å²) in [7, 11) is 0.